The number of unbranched alkanes of at least 4 members (excludes halogenated alkanes) is 23. The molecule has 71 heavy (non-hydrogen) atoms. The van der Waals surface area contributed by atoms with Crippen molar-refractivity contribution in [3.05, 3.63) is 24.3 Å². The van der Waals surface area contributed by atoms with E-state index in [-0.39, 0.29) is 49.5 Å². The van der Waals surface area contributed by atoms with Crippen LogP contribution < -0.4 is 11.1 Å². The summed E-state index contributed by atoms with van der Waals surface area (Å²) >= 11 is 0. The standard InChI is InChI=1S/C57H111N2O11P/c1-7-9-11-13-15-17-19-21-23-25-27-29-31-33-35-40-54(61)66-49-52(70-55(62)41-36-34-32-30-28-26-24-22-20-18-16-14-12-10-8-2)50-69-71(63,64)68-48-44-59-53(60)39-37-38-45-65-46-43-57(5,6)67-47-42-56(3,4)51-58/h21-24,52,55,62H,7-20,25-51,58H2,1-6H3,(H,59,60)(H,63,64)/b23-21-,24-22-/t52-,55?/m1/s1. The first-order valence-electron chi connectivity index (χ1n) is 28.7. The van der Waals surface area contributed by atoms with Crippen molar-refractivity contribution in [1.29, 1.82) is 0 Å². The summed E-state index contributed by atoms with van der Waals surface area (Å²) in [5.41, 5.74) is 5.58. The number of carbonyl (C=O) groups excluding carboxylic acids is 2. The average Bonchev–Trinajstić information content (AvgIpc) is 3.33. The first kappa shape index (κ1) is 69.3. The molecule has 0 radical (unpaired) electrons. The minimum atomic E-state index is -4.55. The van der Waals surface area contributed by atoms with Gasteiger partial charge < -0.3 is 40.0 Å². The van der Waals surface area contributed by atoms with Crippen LogP contribution in [-0.4, -0.2) is 92.6 Å². The Bertz CT molecular complexity index is 1330. The molecule has 0 aromatic rings. The van der Waals surface area contributed by atoms with Gasteiger partial charge in [-0.25, -0.2) is 4.57 Å². The smallest absolute Gasteiger partial charge is 0.463 e. The molecule has 1 amide bonds. The summed E-state index contributed by atoms with van der Waals surface area (Å²) in [5, 5.41) is 13.4. The van der Waals surface area contributed by atoms with Crippen LogP contribution in [0, 0.1) is 5.41 Å². The molecule has 420 valence electrons. The first-order chi connectivity index (χ1) is 34.1. The van der Waals surface area contributed by atoms with E-state index in [9.17, 15) is 24.2 Å². The Balaban J connectivity index is 4.62. The van der Waals surface area contributed by atoms with E-state index in [1.165, 1.54) is 89.9 Å². The lowest BCUT2D eigenvalue weighted by atomic mass is 9.90. The quantitative estimate of drug-likeness (QED) is 0.0149. The molecule has 0 aromatic carbocycles. The zero-order valence-electron chi connectivity index (χ0n) is 46.5. The van der Waals surface area contributed by atoms with Gasteiger partial charge in [-0.05, 0) is 122 Å². The maximum Gasteiger partial charge on any atom is 0.472 e. The largest absolute Gasteiger partial charge is 0.472 e. The number of amides is 1. The number of hydrogen-bond acceptors (Lipinski definition) is 11. The Morgan fingerprint density at radius 3 is 1.66 bits per heavy atom. The molecule has 0 rings (SSSR count). The lowest BCUT2D eigenvalue weighted by Gasteiger charge is -2.28. The van der Waals surface area contributed by atoms with Gasteiger partial charge in [0.25, 0.3) is 0 Å². The highest BCUT2D eigenvalue weighted by molar-refractivity contribution is 7.47. The van der Waals surface area contributed by atoms with Gasteiger partial charge in [0.05, 0.1) is 18.8 Å². The number of nitrogens with two attached hydrogens (primary N) is 1. The summed E-state index contributed by atoms with van der Waals surface area (Å²) in [4.78, 5) is 35.5. The fraction of sp³-hybridized carbons (Fsp3) is 0.895. The molecule has 3 atom stereocenters. The van der Waals surface area contributed by atoms with Crippen LogP contribution in [0.4, 0.5) is 0 Å². The van der Waals surface area contributed by atoms with Crippen molar-refractivity contribution in [3.8, 4) is 0 Å². The van der Waals surface area contributed by atoms with E-state index in [4.69, 9.17) is 33.7 Å². The number of carbonyl (C=O) groups is 2. The number of allylic oxidation sites excluding steroid dienone is 4. The monoisotopic (exact) mass is 1030 g/mol. The molecule has 0 aliphatic heterocycles. The zero-order valence-corrected chi connectivity index (χ0v) is 47.4. The third-order valence-corrected chi connectivity index (χ3v) is 13.8. The fourth-order valence-electron chi connectivity index (χ4n) is 7.75. The van der Waals surface area contributed by atoms with Crippen LogP contribution in [0.5, 0.6) is 0 Å². The van der Waals surface area contributed by atoms with Gasteiger partial charge in [-0.2, -0.15) is 0 Å². The highest BCUT2D eigenvalue weighted by atomic mass is 31.2. The van der Waals surface area contributed by atoms with Crippen LogP contribution in [0.15, 0.2) is 24.3 Å². The molecule has 13 nitrogen and oxygen atoms in total. The fourth-order valence-corrected chi connectivity index (χ4v) is 8.50. The molecule has 0 aliphatic carbocycles. The van der Waals surface area contributed by atoms with E-state index in [1.54, 1.807) is 0 Å². The lowest BCUT2D eigenvalue weighted by Crippen LogP contribution is -2.31. The number of nitrogens with one attached hydrogen (secondary N) is 1. The van der Waals surface area contributed by atoms with E-state index < -0.39 is 32.8 Å². The second kappa shape index (κ2) is 48.0. The Morgan fingerprint density at radius 1 is 0.606 bits per heavy atom. The molecule has 0 fully saturated rings. The van der Waals surface area contributed by atoms with Crippen LogP contribution in [-0.2, 0) is 42.1 Å². The highest BCUT2D eigenvalue weighted by Crippen LogP contribution is 2.43. The topological polar surface area (TPSA) is 185 Å². The Morgan fingerprint density at radius 2 is 1.11 bits per heavy atom. The molecular formula is C57H111N2O11P. The molecule has 0 aromatic heterocycles. The Kier molecular flexibility index (Phi) is 46.9. The second-order valence-corrected chi connectivity index (χ2v) is 22.5. The summed E-state index contributed by atoms with van der Waals surface area (Å²) in [6, 6.07) is 0. The summed E-state index contributed by atoms with van der Waals surface area (Å²) < 4.78 is 46.2. The van der Waals surface area contributed by atoms with Crippen molar-refractivity contribution in [2.24, 2.45) is 11.1 Å². The molecule has 0 saturated carbocycles. The van der Waals surface area contributed by atoms with Gasteiger partial charge in [0, 0.05) is 39.2 Å². The molecule has 0 aliphatic rings. The molecule has 0 bridgehead atoms. The number of rotatable bonds is 54. The van der Waals surface area contributed by atoms with Crippen LogP contribution >= 0.6 is 7.82 Å². The van der Waals surface area contributed by atoms with E-state index >= 15 is 0 Å². The highest BCUT2D eigenvalue weighted by Gasteiger charge is 2.26. The van der Waals surface area contributed by atoms with Gasteiger partial charge in [-0.3, -0.25) is 18.6 Å². The van der Waals surface area contributed by atoms with Gasteiger partial charge in [0.1, 0.15) is 12.7 Å². The third kappa shape index (κ3) is 50.3. The SMILES string of the molecule is CCCCCCCC/C=C\CCCCCCCC(=O)OC[C@H](COP(=O)(O)OCCNC(=O)CCCCOCCC(C)(C)OCCC(C)(C)CN)OC(O)CCCCCCC/C=C\CCCCCCCC. The summed E-state index contributed by atoms with van der Waals surface area (Å²) in [5.74, 6) is -0.590. The van der Waals surface area contributed by atoms with Crippen molar-refractivity contribution in [2.45, 2.75) is 271 Å². The number of aliphatic hydroxyl groups excluding tert-OH is 1. The van der Waals surface area contributed by atoms with E-state index in [0.717, 1.165) is 89.9 Å². The first-order valence-corrected chi connectivity index (χ1v) is 30.2. The summed E-state index contributed by atoms with van der Waals surface area (Å²) in [6.07, 6.45) is 41.4. The predicted molar refractivity (Wildman–Crippen MR) is 292 cm³/mol. The zero-order chi connectivity index (χ0) is 52.6. The number of phosphoric acid groups is 1. The van der Waals surface area contributed by atoms with Crippen molar-refractivity contribution in [3.63, 3.8) is 0 Å². The van der Waals surface area contributed by atoms with Gasteiger partial charge in [0.2, 0.25) is 5.91 Å². The number of aliphatic hydroxyl groups is 1. The molecule has 2 unspecified atom stereocenters. The predicted octanol–water partition coefficient (Wildman–Crippen LogP) is 14.3. The van der Waals surface area contributed by atoms with E-state index in [1.807, 2.05) is 0 Å². The molecule has 0 heterocycles. The minimum Gasteiger partial charge on any atom is -0.463 e. The van der Waals surface area contributed by atoms with Crippen LogP contribution in [0.1, 0.15) is 253 Å². The molecular weight excluding hydrogens is 920 g/mol. The van der Waals surface area contributed by atoms with Crippen molar-refractivity contribution >= 4 is 19.7 Å². The Hall–Kier alpha value is -1.67. The molecule has 0 spiro atoms. The minimum absolute atomic E-state index is 0.0172. The second-order valence-electron chi connectivity index (χ2n) is 21.1. The van der Waals surface area contributed by atoms with Crippen molar-refractivity contribution < 1.29 is 52.1 Å². The Labute approximate surface area is 435 Å². The normalized spacial score (nSPS) is 14.1. The van der Waals surface area contributed by atoms with E-state index in [2.05, 4.69) is 71.2 Å². The van der Waals surface area contributed by atoms with Crippen LogP contribution in [0.2, 0.25) is 0 Å². The number of phosphoric ester groups is 1. The molecule has 5 N–H and O–H groups in total. The van der Waals surface area contributed by atoms with E-state index in [0.29, 0.717) is 45.6 Å². The van der Waals surface area contributed by atoms with Gasteiger partial charge in [-0.15, -0.1) is 0 Å². The number of ether oxygens (including phenoxy) is 4. The van der Waals surface area contributed by atoms with Crippen molar-refractivity contribution in [1.82, 2.24) is 5.32 Å². The maximum atomic E-state index is 12.8. The van der Waals surface area contributed by atoms with Gasteiger partial charge in [-0.1, -0.05) is 155 Å². The van der Waals surface area contributed by atoms with Gasteiger partial charge >= 0.3 is 13.8 Å². The van der Waals surface area contributed by atoms with Crippen LogP contribution in [0.3, 0.4) is 0 Å². The molecule has 0 saturated heterocycles. The average molecular weight is 1030 g/mol. The summed E-state index contributed by atoms with van der Waals surface area (Å²) in [7, 11) is -4.55. The number of hydrogen-bond donors (Lipinski definition) is 4. The van der Waals surface area contributed by atoms with Crippen molar-refractivity contribution in [2.75, 3.05) is 52.7 Å². The summed E-state index contributed by atoms with van der Waals surface area (Å²) in [6.45, 7) is 14.3. The lowest BCUT2D eigenvalue weighted by molar-refractivity contribution is -0.174. The van der Waals surface area contributed by atoms with Crippen LogP contribution in [0.25, 0.3) is 0 Å². The third-order valence-electron chi connectivity index (χ3n) is 12.9. The molecule has 14 heteroatoms. The number of esters is 1. The maximum absolute atomic E-state index is 12.8. The van der Waals surface area contributed by atoms with Gasteiger partial charge in [0.15, 0.2) is 6.29 Å².